The maximum atomic E-state index is 11.8. The maximum Gasteiger partial charge on any atom is 0.251 e. The minimum atomic E-state index is -0.243. The fourth-order valence-corrected chi connectivity index (χ4v) is 1.97. The Labute approximate surface area is 128 Å². The van der Waals surface area contributed by atoms with E-state index in [0.717, 1.165) is 5.56 Å². The molecule has 0 atom stereocenters. The van der Waals surface area contributed by atoms with E-state index in [1.54, 1.807) is 30.3 Å². The van der Waals surface area contributed by atoms with Crippen LogP contribution in [0, 0.1) is 0 Å². The van der Waals surface area contributed by atoms with Crippen molar-refractivity contribution in [3.8, 4) is 5.75 Å². The molecule has 4 nitrogen and oxygen atoms in total. The summed E-state index contributed by atoms with van der Waals surface area (Å²) in [5, 5.41) is 11.9. The first-order valence-electron chi connectivity index (χ1n) is 6.56. The molecule has 5 heteroatoms. The molecule has 0 radical (unpaired) electrons. The largest absolute Gasteiger partial charge is 0.489 e. The first kappa shape index (κ1) is 15.4. The number of hydrogen-bond acceptors (Lipinski definition) is 3. The fourth-order valence-electron chi connectivity index (χ4n) is 1.78. The third-order valence-corrected chi connectivity index (χ3v) is 3.21. The van der Waals surface area contributed by atoms with E-state index in [0.29, 0.717) is 22.9 Å². The van der Waals surface area contributed by atoms with E-state index in [9.17, 15) is 4.79 Å². The molecule has 2 aromatic carbocycles. The van der Waals surface area contributed by atoms with E-state index >= 15 is 0 Å². The summed E-state index contributed by atoms with van der Waals surface area (Å²) >= 11 is 6.06. The van der Waals surface area contributed by atoms with Crippen LogP contribution < -0.4 is 10.1 Å². The second-order valence-electron chi connectivity index (χ2n) is 4.39. The van der Waals surface area contributed by atoms with E-state index in [2.05, 4.69) is 5.32 Å². The van der Waals surface area contributed by atoms with Crippen LogP contribution in [0.25, 0.3) is 0 Å². The number of nitrogens with one attached hydrogen (secondary N) is 1. The van der Waals surface area contributed by atoms with Crippen LogP contribution in [0.1, 0.15) is 15.9 Å². The summed E-state index contributed by atoms with van der Waals surface area (Å²) in [6, 6.07) is 14.3. The molecule has 0 aliphatic carbocycles. The number of halogens is 1. The Balaban J connectivity index is 2.01. The first-order valence-corrected chi connectivity index (χ1v) is 6.94. The Morgan fingerprint density at radius 2 is 2.00 bits per heavy atom. The lowest BCUT2D eigenvalue weighted by molar-refractivity contribution is 0.0944. The van der Waals surface area contributed by atoms with Gasteiger partial charge in [-0.3, -0.25) is 4.79 Å². The molecule has 0 bridgehead atoms. The summed E-state index contributed by atoms with van der Waals surface area (Å²) in [7, 11) is 0. The van der Waals surface area contributed by atoms with Gasteiger partial charge in [-0.2, -0.15) is 0 Å². The van der Waals surface area contributed by atoms with Crippen LogP contribution in [0.2, 0.25) is 5.02 Å². The van der Waals surface area contributed by atoms with Crippen molar-refractivity contribution in [2.45, 2.75) is 6.61 Å². The van der Waals surface area contributed by atoms with Crippen molar-refractivity contribution in [2.24, 2.45) is 0 Å². The zero-order valence-corrected chi connectivity index (χ0v) is 12.1. The number of benzene rings is 2. The zero-order valence-electron chi connectivity index (χ0n) is 11.4. The molecule has 2 aromatic rings. The Bertz CT molecular complexity index is 616. The van der Waals surface area contributed by atoms with Gasteiger partial charge in [-0.1, -0.05) is 35.9 Å². The van der Waals surface area contributed by atoms with Crippen LogP contribution in [0.4, 0.5) is 0 Å². The number of aliphatic hydroxyl groups excluding tert-OH is 1. The summed E-state index contributed by atoms with van der Waals surface area (Å²) < 4.78 is 5.65. The zero-order chi connectivity index (χ0) is 15.1. The quantitative estimate of drug-likeness (QED) is 0.862. The van der Waals surface area contributed by atoms with Crippen LogP contribution in [0.15, 0.2) is 48.5 Å². The normalized spacial score (nSPS) is 10.2. The molecular formula is C16H16ClNO3. The van der Waals surface area contributed by atoms with Gasteiger partial charge in [-0.05, 0) is 24.3 Å². The Hall–Kier alpha value is -2.04. The lowest BCUT2D eigenvalue weighted by Gasteiger charge is -2.09. The summed E-state index contributed by atoms with van der Waals surface area (Å²) in [4.78, 5) is 11.8. The molecule has 0 spiro atoms. The second kappa shape index (κ2) is 7.67. The van der Waals surface area contributed by atoms with Crippen molar-refractivity contribution >= 4 is 17.5 Å². The first-order chi connectivity index (χ1) is 10.2. The minimum Gasteiger partial charge on any atom is -0.489 e. The number of rotatable bonds is 6. The lowest BCUT2D eigenvalue weighted by atomic mass is 10.2. The van der Waals surface area contributed by atoms with Crippen molar-refractivity contribution in [3.63, 3.8) is 0 Å². The van der Waals surface area contributed by atoms with Gasteiger partial charge in [0.05, 0.1) is 6.61 Å². The maximum absolute atomic E-state index is 11.8. The molecule has 0 fully saturated rings. The molecular weight excluding hydrogens is 290 g/mol. The van der Waals surface area contributed by atoms with Crippen LogP contribution in [0.5, 0.6) is 5.75 Å². The Morgan fingerprint density at radius 1 is 1.19 bits per heavy atom. The number of ether oxygens (including phenoxy) is 1. The van der Waals surface area contributed by atoms with Crippen LogP contribution in [-0.4, -0.2) is 24.2 Å². The number of carbonyl (C=O) groups is 1. The molecule has 0 aromatic heterocycles. The van der Waals surface area contributed by atoms with Gasteiger partial charge in [-0.25, -0.2) is 0 Å². The molecule has 0 aliphatic rings. The second-order valence-corrected chi connectivity index (χ2v) is 4.79. The van der Waals surface area contributed by atoms with Crippen molar-refractivity contribution in [3.05, 3.63) is 64.7 Å². The predicted octanol–water partition coefficient (Wildman–Crippen LogP) is 2.64. The molecule has 0 unspecified atom stereocenters. The average Bonchev–Trinajstić information content (AvgIpc) is 2.52. The van der Waals surface area contributed by atoms with Gasteiger partial charge in [0.2, 0.25) is 0 Å². The molecule has 21 heavy (non-hydrogen) atoms. The summed E-state index contributed by atoms with van der Waals surface area (Å²) in [6.45, 7) is 0.472. The predicted molar refractivity (Wildman–Crippen MR) is 81.6 cm³/mol. The third kappa shape index (κ3) is 4.48. The van der Waals surface area contributed by atoms with E-state index in [-0.39, 0.29) is 19.1 Å². The Kier molecular flexibility index (Phi) is 5.60. The van der Waals surface area contributed by atoms with E-state index in [1.807, 2.05) is 18.2 Å². The van der Waals surface area contributed by atoms with Crippen molar-refractivity contribution < 1.29 is 14.6 Å². The third-order valence-electron chi connectivity index (χ3n) is 2.85. The number of carbonyl (C=O) groups excluding carboxylic acids is 1. The standard InChI is InChI=1S/C16H16ClNO3/c17-15-7-2-1-4-13(15)11-21-14-6-3-5-12(10-14)16(20)18-8-9-19/h1-7,10,19H,8-9,11H2,(H,18,20). The van der Waals surface area contributed by atoms with Gasteiger partial charge in [0, 0.05) is 22.7 Å². The fraction of sp³-hybridized carbons (Fsp3) is 0.188. The molecule has 0 saturated carbocycles. The molecule has 2 rings (SSSR count). The summed E-state index contributed by atoms with van der Waals surface area (Å²) in [5.74, 6) is 0.346. The van der Waals surface area contributed by atoms with Crippen molar-refractivity contribution in [1.29, 1.82) is 0 Å². The molecule has 2 N–H and O–H groups in total. The van der Waals surface area contributed by atoms with E-state index in [1.165, 1.54) is 0 Å². The highest BCUT2D eigenvalue weighted by Crippen LogP contribution is 2.19. The highest BCUT2D eigenvalue weighted by Gasteiger charge is 2.06. The van der Waals surface area contributed by atoms with Gasteiger partial charge in [0.1, 0.15) is 12.4 Å². The summed E-state index contributed by atoms with van der Waals surface area (Å²) in [6.07, 6.45) is 0. The topological polar surface area (TPSA) is 58.6 Å². The average molecular weight is 306 g/mol. The number of hydrogen-bond donors (Lipinski definition) is 2. The van der Waals surface area contributed by atoms with Gasteiger partial charge >= 0.3 is 0 Å². The van der Waals surface area contributed by atoms with Gasteiger partial charge in [0.15, 0.2) is 0 Å². The molecule has 0 saturated heterocycles. The SMILES string of the molecule is O=C(NCCO)c1cccc(OCc2ccccc2Cl)c1. The molecule has 110 valence electrons. The monoisotopic (exact) mass is 305 g/mol. The van der Waals surface area contributed by atoms with E-state index in [4.69, 9.17) is 21.4 Å². The molecule has 0 aliphatic heterocycles. The van der Waals surface area contributed by atoms with Crippen molar-refractivity contribution in [1.82, 2.24) is 5.32 Å². The van der Waals surface area contributed by atoms with Crippen LogP contribution in [-0.2, 0) is 6.61 Å². The van der Waals surface area contributed by atoms with Crippen molar-refractivity contribution in [2.75, 3.05) is 13.2 Å². The number of aliphatic hydroxyl groups is 1. The van der Waals surface area contributed by atoms with Gasteiger partial charge in [0.25, 0.3) is 5.91 Å². The lowest BCUT2D eigenvalue weighted by Crippen LogP contribution is -2.26. The van der Waals surface area contributed by atoms with Gasteiger partial charge < -0.3 is 15.2 Å². The highest BCUT2D eigenvalue weighted by atomic mass is 35.5. The summed E-state index contributed by atoms with van der Waals surface area (Å²) in [5.41, 5.74) is 1.37. The van der Waals surface area contributed by atoms with Crippen LogP contribution >= 0.6 is 11.6 Å². The van der Waals surface area contributed by atoms with E-state index < -0.39 is 0 Å². The highest BCUT2D eigenvalue weighted by molar-refractivity contribution is 6.31. The number of amides is 1. The van der Waals surface area contributed by atoms with Gasteiger partial charge in [-0.15, -0.1) is 0 Å². The molecule has 0 heterocycles. The Morgan fingerprint density at radius 3 is 2.76 bits per heavy atom. The smallest absolute Gasteiger partial charge is 0.251 e. The minimum absolute atomic E-state index is 0.0889. The van der Waals surface area contributed by atoms with Crippen LogP contribution in [0.3, 0.4) is 0 Å². The molecule has 1 amide bonds.